The van der Waals surface area contributed by atoms with Gasteiger partial charge in [-0.05, 0) is 44.2 Å². The fourth-order valence-electron chi connectivity index (χ4n) is 2.94. The largest absolute Gasteiger partial charge is 0.466 e. The first-order valence-electron chi connectivity index (χ1n) is 7.64. The van der Waals surface area contributed by atoms with Gasteiger partial charge in [0.1, 0.15) is 17.1 Å². The van der Waals surface area contributed by atoms with Crippen molar-refractivity contribution in [3.63, 3.8) is 0 Å². The Kier molecular flexibility index (Phi) is 3.79. The van der Waals surface area contributed by atoms with Crippen molar-refractivity contribution in [2.75, 3.05) is 6.54 Å². The van der Waals surface area contributed by atoms with E-state index in [1.165, 1.54) is 0 Å². The van der Waals surface area contributed by atoms with Gasteiger partial charge in [0.25, 0.3) is 5.91 Å². The zero-order chi connectivity index (χ0) is 15.7. The summed E-state index contributed by atoms with van der Waals surface area (Å²) in [7, 11) is 0. The van der Waals surface area contributed by atoms with Crippen LogP contribution in [0.2, 0.25) is 0 Å². The Morgan fingerprint density at radius 2 is 2.00 bits per heavy atom. The number of rotatable bonds is 5. The highest BCUT2D eigenvalue weighted by Gasteiger charge is 2.45. The third-order valence-corrected chi connectivity index (χ3v) is 4.33. The Morgan fingerprint density at radius 3 is 2.55 bits per heavy atom. The Morgan fingerprint density at radius 1 is 1.32 bits per heavy atom. The summed E-state index contributed by atoms with van der Waals surface area (Å²) >= 11 is 0. The van der Waals surface area contributed by atoms with Crippen LogP contribution in [0, 0.1) is 19.8 Å². The molecule has 1 aromatic heterocycles. The standard InChI is InChI=1S/C18H21NO3/c1-12-10-16(13(2)22-12)17(20)19-11-18(21,15-8-9-15)14-6-4-3-5-7-14/h3-7,10,15,21H,8-9,11H2,1-2H3,(H,19,20)/t18-/m0/s1. The predicted molar refractivity (Wildman–Crippen MR) is 83.6 cm³/mol. The molecule has 116 valence electrons. The van der Waals surface area contributed by atoms with Crippen LogP contribution in [-0.4, -0.2) is 17.6 Å². The van der Waals surface area contributed by atoms with E-state index in [1.54, 1.807) is 13.0 Å². The number of carbonyl (C=O) groups excluding carboxylic acids is 1. The van der Waals surface area contributed by atoms with Crippen LogP contribution in [-0.2, 0) is 5.60 Å². The van der Waals surface area contributed by atoms with Gasteiger partial charge in [-0.1, -0.05) is 30.3 Å². The molecule has 1 amide bonds. The first-order chi connectivity index (χ1) is 10.5. The molecular weight excluding hydrogens is 278 g/mol. The molecule has 0 bridgehead atoms. The van der Waals surface area contributed by atoms with Crippen LogP contribution in [0.15, 0.2) is 40.8 Å². The summed E-state index contributed by atoms with van der Waals surface area (Å²) < 4.78 is 5.39. The van der Waals surface area contributed by atoms with Crippen molar-refractivity contribution in [1.82, 2.24) is 5.32 Å². The lowest BCUT2D eigenvalue weighted by Crippen LogP contribution is -2.42. The van der Waals surface area contributed by atoms with Crippen molar-refractivity contribution in [3.05, 3.63) is 59.0 Å². The Bertz CT molecular complexity index is 673. The van der Waals surface area contributed by atoms with Crippen LogP contribution in [0.25, 0.3) is 0 Å². The number of aliphatic hydroxyl groups is 1. The molecular formula is C18H21NO3. The quantitative estimate of drug-likeness (QED) is 0.892. The van der Waals surface area contributed by atoms with Crippen LogP contribution < -0.4 is 5.32 Å². The fourth-order valence-corrected chi connectivity index (χ4v) is 2.94. The molecule has 4 heteroatoms. The van der Waals surface area contributed by atoms with Crippen LogP contribution >= 0.6 is 0 Å². The first kappa shape index (κ1) is 14.9. The lowest BCUT2D eigenvalue weighted by Gasteiger charge is -2.29. The Balaban J connectivity index is 1.75. The van der Waals surface area contributed by atoms with Gasteiger partial charge in [0.15, 0.2) is 0 Å². The molecule has 1 aliphatic carbocycles. The van der Waals surface area contributed by atoms with Crippen LogP contribution in [0.4, 0.5) is 0 Å². The van der Waals surface area contributed by atoms with Gasteiger partial charge in [0.2, 0.25) is 0 Å². The van der Waals surface area contributed by atoms with E-state index in [4.69, 9.17) is 4.42 Å². The molecule has 2 aromatic rings. The third kappa shape index (κ3) is 2.79. The highest BCUT2D eigenvalue weighted by Crippen LogP contribution is 2.45. The van der Waals surface area contributed by atoms with E-state index in [-0.39, 0.29) is 18.4 Å². The summed E-state index contributed by atoms with van der Waals surface area (Å²) in [6, 6.07) is 11.3. The Labute approximate surface area is 130 Å². The van der Waals surface area contributed by atoms with Gasteiger partial charge in [-0.2, -0.15) is 0 Å². The minimum Gasteiger partial charge on any atom is -0.466 e. The van der Waals surface area contributed by atoms with Crippen LogP contribution in [0.3, 0.4) is 0 Å². The predicted octanol–water partition coefficient (Wildman–Crippen LogP) is 2.92. The van der Waals surface area contributed by atoms with Gasteiger partial charge in [0.05, 0.1) is 12.1 Å². The maximum Gasteiger partial charge on any atom is 0.254 e. The normalized spacial score (nSPS) is 17.0. The summed E-state index contributed by atoms with van der Waals surface area (Å²) in [6.45, 7) is 3.80. The number of benzene rings is 1. The van der Waals surface area contributed by atoms with Gasteiger partial charge in [-0.25, -0.2) is 0 Å². The van der Waals surface area contributed by atoms with E-state index in [9.17, 15) is 9.90 Å². The van der Waals surface area contributed by atoms with Crippen molar-refractivity contribution in [2.45, 2.75) is 32.3 Å². The Hall–Kier alpha value is -2.07. The van der Waals surface area contributed by atoms with Crippen LogP contribution in [0.1, 0.15) is 40.3 Å². The van der Waals surface area contributed by atoms with Gasteiger partial charge in [-0.3, -0.25) is 4.79 Å². The highest BCUT2D eigenvalue weighted by atomic mass is 16.3. The maximum atomic E-state index is 12.3. The van der Waals surface area contributed by atoms with E-state index in [2.05, 4.69) is 5.32 Å². The van der Waals surface area contributed by atoms with E-state index < -0.39 is 5.60 Å². The molecule has 0 aliphatic heterocycles. The molecule has 2 N–H and O–H groups in total. The van der Waals surface area contributed by atoms with Crippen molar-refractivity contribution in [1.29, 1.82) is 0 Å². The summed E-state index contributed by atoms with van der Waals surface area (Å²) in [5.41, 5.74) is 0.394. The number of aryl methyl sites for hydroxylation is 2. The zero-order valence-corrected chi connectivity index (χ0v) is 12.9. The van der Waals surface area contributed by atoms with Crippen molar-refractivity contribution >= 4 is 5.91 Å². The second-order valence-electron chi connectivity index (χ2n) is 6.07. The molecule has 0 unspecified atom stereocenters. The number of nitrogens with one attached hydrogen (secondary N) is 1. The summed E-state index contributed by atoms with van der Waals surface area (Å²) in [5.74, 6) is 1.32. The molecule has 0 spiro atoms. The molecule has 22 heavy (non-hydrogen) atoms. The molecule has 1 atom stereocenters. The number of furan rings is 1. The smallest absolute Gasteiger partial charge is 0.254 e. The van der Waals surface area contributed by atoms with E-state index in [0.717, 1.165) is 18.4 Å². The van der Waals surface area contributed by atoms with Gasteiger partial charge in [0, 0.05) is 0 Å². The SMILES string of the molecule is Cc1cc(C(=O)NC[C@](O)(c2ccccc2)C2CC2)c(C)o1. The van der Waals surface area contributed by atoms with Crippen LogP contribution in [0.5, 0.6) is 0 Å². The minimum atomic E-state index is -0.996. The molecule has 1 aromatic carbocycles. The van der Waals surface area contributed by atoms with Gasteiger partial charge < -0.3 is 14.8 Å². The fraction of sp³-hybridized carbons (Fsp3) is 0.389. The summed E-state index contributed by atoms with van der Waals surface area (Å²) in [6.07, 6.45) is 1.98. The van der Waals surface area contributed by atoms with Crippen molar-refractivity contribution in [3.8, 4) is 0 Å². The van der Waals surface area contributed by atoms with Gasteiger partial charge >= 0.3 is 0 Å². The number of amides is 1. The second-order valence-corrected chi connectivity index (χ2v) is 6.07. The lowest BCUT2D eigenvalue weighted by atomic mass is 9.88. The third-order valence-electron chi connectivity index (χ3n) is 4.33. The minimum absolute atomic E-state index is 0.204. The average Bonchev–Trinajstić information content (AvgIpc) is 3.31. The lowest BCUT2D eigenvalue weighted by molar-refractivity contribution is 0.0135. The molecule has 4 nitrogen and oxygen atoms in total. The second kappa shape index (κ2) is 5.61. The van der Waals surface area contributed by atoms with Gasteiger partial charge in [-0.15, -0.1) is 0 Å². The average molecular weight is 299 g/mol. The molecule has 0 saturated heterocycles. The molecule has 1 heterocycles. The molecule has 1 fully saturated rings. The monoisotopic (exact) mass is 299 g/mol. The van der Waals surface area contributed by atoms with E-state index in [0.29, 0.717) is 17.1 Å². The summed E-state index contributed by atoms with van der Waals surface area (Å²) in [4.78, 5) is 12.3. The van der Waals surface area contributed by atoms with Crippen molar-refractivity contribution < 1.29 is 14.3 Å². The highest BCUT2D eigenvalue weighted by molar-refractivity contribution is 5.95. The number of hydrogen-bond donors (Lipinski definition) is 2. The van der Waals surface area contributed by atoms with E-state index in [1.807, 2.05) is 37.3 Å². The number of carbonyl (C=O) groups is 1. The molecule has 3 rings (SSSR count). The topological polar surface area (TPSA) is 62.5 Å². The first-order valence-corrected chi connectivity index (χ1v) is 7.64. The molecule has 1 aliphatic rings. The van der Waals surface area contributed by atoms with E-state index >= 15 is 0 Å². The van der Waals surface area contributed by atoms with Crippen molar-refractivity contribution in [2.24, 2.45) is 5.92 Å². The maximum absolute atomic E-state index is 12.3. The summed E-state index contributed by atoms with van der Waals surface area (Å²) in [5, 5.41) is 13.9. The number of hydrogen-bond acceptors (Lipinski definition) is 3. The molecule has 0 radical (unpaired) electrons. The zero-order valence-electron chi connectivity index (χ0n) is 12.9. The molecule has 1 saturated carbocycles.